The molecule has 0 aromatic carbocycles. The summed E-state index contributed by atoms with van der Waals surface area (Å²) in [6, 6.07) is 0.981. The van der Waals surface area contributed by atoms with Crippen LogP contribution in [0.15, 0.2) is 10.7 Å². The maximum Gasteiger partial charge on any atom is 0.232 e. The first kappa shape index (κ1) is 12.6. The van der Waals surface area contributed by atoms with Gasteiger partial charge in [-0.05, 0) is 49.0 Å². The highest BCUT2D eigenvalue weighted by molar-refractivity contribution is 9.10. The van der Waals surface area contributed by atoms with Crippen molar-refractivity contribution in [3.8, 4) is 5.88 Å². The van der Waals surface area contributed by atoms with Crippen molar-refractivity contribution in [1.29, 1.82) is 0 Å². The largest absolute Gasteiger partial charge is 0.480 e. The Labute approximate surface area is 111 Å². The van der Waals surface area contributed by atoms with Crippen LogP contribution in [0.4, 0.5) is 5.95 Å². The van der Waals surface area contributed by atoms with Gasteiger partial charge < -0.3 is 9.64 Å². The molecule has 17 heavy (non-hydrogen) atoms. The molecule has 5 heteroatoms. The number of halogens is 1. The number of hydrogen-bond acceptors (Lipinski definition) is 4. The number of hydrogen-bond donors (Lipinski definition) is 0. The van der Waals surface area contributed by atoms with Gasteiger partial charge in [0, 0.05) is 12.1 Å². The van der Waals surface area contributed by atoms with E-state index in [1.165, 1.54) is 19.3 Å². The van der Waals surface area contributed by atoms with Crippen molar-refractivity contribution in [2.45, 2.75) is 45.2 Å². The number of anilines is 1. The van der Waals surface area contributed by atoms with Crippen LogP contribution in [-0.4, -0.2) is 29.2 Å². The highest BCUT2D eigenvalue weighted by Gasteiger charge is 2.27. The van der Waals surface area contributed by atoms with E-state index in [4.69, 9.17) is 4.74 Å². The number of piperidine rings is 1. The lowest BCUT2D eigenvalue weighted by Gasteiger charge is -2.39. The molecule has 0 bridgehead atoms. The smallest absolute Gasteiger partial charge is 0.232 e. The predicted molar refractivity (Wildman–Crippen MR) is 71.5 cm³/mol. The van der Waals surface area contributed by atoms with Crippen LogP contribution in [0.1, 0.15) is 33.1 Å². The molecule has 0 aliphatic carbocycles. The Kier molecular flexibility index (Phi) is 3.86. The molecule has 0 unspecified atom stereocenters. The Morgan fingerprint density at radius 3 is 2.59 bits per heavy atom. The molecule has 1 aliphatic heterocycles. The van der Waals surface area contributed by atoms with Crippen LogP contribution >= 0.6 is 15.9 Å². The fourth-order valence-electron chi connectivity index (χ4n) is 2.43. The van der Waals surface area contributed by atoms with Gasteiger partial charge in [0.2, 0.25) is 11.8 Å². The lowest BCUT2D eigenvalue weighted by Crippen LogP contribution is -2.44. The molecule has 0 radical (unpaired) electrons. The zero-order valence-electron chi connectivity index (χ0n) is 10.5. The summed E-state index contributed by atoms with van der Waals surface area (Å²) in [6.07, 6.45) is 5.44. The molecular formula is C12H18BrN3O. The first-order valence-corrected chi connectivity index (χ1v) is 6.77. The van der Waals surface area contributed by atoms with Crippen molar-refractivity contribution in [3.05, 3.63) is 10.7 Å². The SMILES string of the molecule is COc1nc(N2[C@H](C)CCC[C@@H]2C)ncc1Br. The average Bonchev–Trinajstić information content (AvgIpc) is 2.31. The average molecular weight is 300 g/mol. The zero-order chi connectivity index (χ0) is 12.4. The topological polar surface area (TPSA) is 38.2 Å². The predicted octanol–water partition coefficient (Wildman–Crippen LogP) is 3.02. The second-order valence-electron chi connectivity index (χ2n) is 4.56. The van der Waals surface area contributed by atoms with E-state index in [0.717, 1.165) is 10.4 Å². The number of aromatic nitrogens is 2. The van der Waals surface area contributed by atoms with Gasteiger partial charge in [-0.25, -0.2) is 4.98 Å². The van der Waals surface area contributed by atoms with Gasteiger partial charge in [0.05, 0.1) is 17.8 Å². The summed E-state index contributed by atoms with van der Waals surface area (Å²) in [7, 11) is 1.62. The normalized spacial score (nSPS) is 24.8. The van der Waals surface area contributed by atoms with Gasteiger partial charge in [-0.3, -0.25) is 0 Å². The van der Waals surface area contributed by atoms with E-state index in [0.29, 0.717) is 18.0 Å². The Hall–Kier alpha value is -0.840. The van der Waals surface area contributed by atoms with Gasteiger partial charge >= 0.3 is 0 Å². The van der Waals surface area contributed by atoms with Crippen molar-refractivity contribution < 1.29 is 4.74 Å². The second-order valence-corrected chi connectivity index (χ2v) is 5.42. The van der Waals surface area contributed by atoms with E-state index in [-0.39, 0.29) is 0 Å². The lowest BCUT2D eigenvalue weighted by molar-refractivity contribution is 0.383. The lowest BCUT2D eigenvalue weighted by atomic mass is 9.98. The van der Waals surface area contributed by atoms with Crippen LogP contribution < -0.4 is 9.64 Å². The van der Waals surface area contributed by atoms with Crippen LogP contribution in [0.2, 0.25) is 0 Å². The summed E-state index contributed by atoms with van der Waals surface area (Å²) < 4.78 is 6.01. The molecule has 94 valence electrons. The molecule has 2 heterocycles. The third-order valence-electron chi connectivity index (χ3n) is 3.32. The third-order valence-corrected chi connectivity index (χ3v) is 3.86. The molecule has 1 aromatic rings. The summed E-state index contributed by atoms with van der Waals surface area (Å²) in [5.74, 6) is 1.37. The van der Waals surface area contributed by atoms with E-state index < -0.39 is 0 Å². The van der Waals surface area contributed by atoms with E-state index in [9.17, 15) is 0 Å². The van der Waals surface area contributed by atoms with Crippen LogP contribution in [0, 0.1) is 0 Å². The van der Waals surface area contributed by atoms with E-state index in [2.05, 4.69) is 44.6 Å². The van der Waals surface area contributed by atoms with Gasteiger partial charge in [0.1, 0.15) is 0 Å². The number of nitrogens with zero attached hydrogens (tertiary/aromatic N) is 3. The molecule has 0 spiro atoms. The minimum absolute atomic E-state index is 0.490. The van der Waals surface area contributed by atoms with Crippen molar-refractivity contribution >= 4 is 21.9 Å². The molecule has 4 nitrogen and oxygen atoms in total. The highest BCUT2D eigenvalue weighted by atomic mass is 79.9. The van der Waals surface area contributed by atoms with Crippen LogP contribution in [-0.2, 0) is 0 Å². The van der Waals surface area contributed by atoms with Crippen molar-refractivity contribution in [2.24, 2.45) is 0 Å². The Morgan fingerprint density at radius 1 is 1.35 bits per heavy atom. The first-order valence-electron chi connectivity index (χ1n) is 5.98. The highest BCUT2D eigenvalue weighted by Crippen LogP contribution is 2.29. The second kappa shape index (κ2) is 5.21. The Morgan fingerprint density at radius 2 is 2.00 bits per heavy atom. The van der Waals surface area contributed by atoms with E-state index in [1.54, 1.807) is 13.3 Å². The quantitative estimate of drug-likeness (QED) is 0.841. The fraction of sp³-hybridized carbons (Fsp3) is 0.667. The summed E-state index contributed by atoms with van der Waals surface area (Å²) >= 11 is 3.38. The Bertz CT molecular complexity index is 389. The monoisotopic (exact) mass is 299 g/mol. The molecule has 1 aromatic heterocycles. The number of rotatable bonds is 2. The summed E-state index contributed by atoms with van der Waals surface area (Å²) in [6.45, 7) is 4.46. The standard InChI is InChI=1S/C12H18BrN3O/c1-8-5-4-6-9(2)16(8)12-14-7-10(13)11(15-12)17-3/h7-9H,4-6H2,1-3H3/t8-,9+. The molecule has 1 saturated heterocycles. The van der Waals surface area contributed by atoms with Gasteiger partial charge in [-0.2, -0.15) is 4.98 Å². The first-order chi connectivity index (χ1) is 8.13. The van der Waals surface area contributed by atoms with Crippen LogP contribution in [0.25, 0.3) is 0 Å². The van der Waals surface area contributed by atoms with Crippen LogP contribution in [0.3, 0.4) is 0 Å². The molecule has 2 atom stereocenters. The van der Waals surface area contributed by atoms with Gasteiger partial charge in [0.25, 0.3) is 0 Å². The Balaban J connectivity index is 2.31. The third kappa shape index (κ3) is 2.54. The molecule has 0 amide bonds. The van der Waals surface area contributed by atoms with Crippen molar-refractivity contribution in [3.63, 3.8) is 0 Å². The van der Waals surface area contributed by atoms with Crippen LogP contribution in [0.5, 0.6) is 5.88 Å². The maximum atomic E-state index is 5.22. The van der Waals surface area contributed by atoms with E-state index in [1.807, 2.05) is 0 Å². The minimum atomic E-state index is 0.490. The molecule has 0 N–H and O–H groups in total. The summed E-state index contributed by atoms with van der Waals surface area (Å²) in [5.41, 5.74) is 0. The van der Waals surface area contributed by atoms with Gasteiger partial charge in [0.15, 0.2) is 0 Å². The van der Waals surface area contributed by atoms with Gasteiger partial charge in [-0.15, -0.1) is 0 Å². The molecule has 2 rings (SSSR count). The number of methoxy groups -OCH3 is 1. The maximum absolute atomic E-state index is 5.22. The zero-order valence-corrected chi connectivity index (χ0v) is 12.1. The molecule has 1 fully saturated rings. The minimum Gasteiger partial charge on any atom is -0.480 e. The molecule has 1 aliphatic rings. The fourth-order valence-corrected chi connectivity index (χ4v) is 2.78. The molecular weight excluding hydrogens is 282 g/mol. The van der Waals surface area contributed by atoms with Gasteiger partial charge in [-0.1, -0.05) is 0 Å². The summed E-state index contributed by atoms with van der Waals surface area (Å²) in [4.78, 5) is 11.2. The molecule has 0 saturated carbocycles. The summed E-state index contributed by atoms with van der Waals surface area (Å²) in [5, 5.41) is 0. The van der Waals surface area contributed by atoms with E-state index >= 15 is 0 Å². The van der Waals surface area contributed by atoms with Crippen molar-refractivity contribution in [1.82, 2.24) is 9.97 Å². The number of ether oxygens (including phenoxy) is 1. The van der Waals surface area contributed by atoms with Crippen molar-refractivity contribution in [2.75, 3.05) is 12.0 Å².